The van der Waals surface area contributed by atoms with Crippen LogP contribution in [0.4, 0.5) is 4.39 Å². The van der Waals surface area contributed by atoms with Gasteiger partial charge in [-0.3, -0.25) is 4.79 Å². The Kier molecular flexibility index (Phi) is 32.6. The van der Waals surface area contributed by atoms with Gasteiger partial charge in [0.2, 0.25) is 5.91 Å². The molecule has 2 aromatic rings. The number of halogens is 3. The number of aryl methyl sites for hydroxylation is 3. The molecule has 1 amide bonds. The number of rotatable bonds is 6. The number of carbonyl (C=O) groups excluding carboxylic acids is 2. The third-order valence-corrected chi connectivity index (χ3v) is 13.4. The molecule has 2 aliphatic carbocycles. The molecule has 2 fully saturated rings. The number of allylic oxidation sites excluding steroid dienone is 4. The summed E-state index contributed by atoms with van der Waals surface area (Å²) >= 11 is 11.6. The van der Waals surface area contributed by atoms with Crippen LogP contribution in [0.25, 0.3) is 0 Å². The van der Waals surface area contributed by atoms with Gasteiger partial charge >= 0.3 is 0 Å². The second-order valence-corrected chi connectivity index (χ2v) is 19.6. The van der Waals surface area contributed by atoms with E-state index in [9.17, 15) is 14.0 Å². The van der Waals surface area contributed by atoms with Gasteiger partial charge in [0.1, 0.15) is 12.1 Å². The second kappa shape index (κ2) is 34.0. The van der Waals surface area contributed by atoms with Crippen LogP contribution in [0.5, 0.6) is 0 Å². The average molecular weight is 902 g/mol. The molecule has 7 heteroatoms. The molecule has 2 aliphatic heterocycles. The molecule has 2 aromatic carbocycles. The molecule has 62 heavy (non-hydrogen) atoms. The van der Waals surface area contributed by atoms with Gasteiger partial charge in [-0.1, -0.05) is 129 Å². The molecule has 2 saturated heterocycles. The summed E-state index contributed by atoms with van der Waals surface area (Å²) in [6.45, 7) is 35.2. The predicted molar refractivity (Wildman–Crippen MR) is 271 cm³/mol. The van der Waals surface area contributed by atoms with Gasteiger partial charge in [0.25, 0.3) is 0 Å². The third kappa shape index (κ3) is 25.7. The fourth-order valence-electron chi connectivity index (χ4n) is 8.01. The van der Waals surface area contributed by atoms with Crippen molar-refractivity contribution in [1.29, 1.82) is 0 Å². The van der Waals surface area contributed by atoms with Crippen molar-refractivity contribution in [1.82, 2.24) is 9.80 Å². The average Bonchev–Trinajstić information content (AvgIpc) is 3.87. The molecule has 4 aliphatic rings. The summed E-state index contributed by atoms with van der Waals surface area (Å²) in [5, 5.41) is 1.55. The highest BCUT2D eigenvalue weighted by atomic mass is 35.5. The van der Waals surface area contributed by atoms with E-state index in [0.717, 1.165) is 101 Å². The number of unbranched alkanes of at least 4 members (excludes halogenated alkanes) is 1. The van der Waals surface area contributed by atoms with E-state index in [0.29, 0.717) is 18.7 Å². The maximum absolute atomic E-state index is 12.5. The number of aldehydes is 1. The number of amides is 1. The zero-order valence-electron chi connectivity index (χ0n) is 42.2. The first-order chi connectivity index (χ1) is 29.3. The molecule has 0 radical (unpaired) electrons. The first kappa shape index (κ1) is 59.5. The van der Waals surface area contributed by atoms with Crippen LogP contribution in [0.2, 0.25) is 10.0 Å². The molecule has 7 atom stereocenters. The minimum Gasteiger partial charge on any atom is -0.342 e. The highest BCUT2D eigenvalue weighted by Gasteiger charge is 2.22. The smallest absolute Gasteiger partial charge is 0.222 e. The molecule has 354 valence electrons. The van der Waals surface area contributed by atoms with E-state index >= 15 is 0 Å². The van der Waals surface area contributed by atoms with Gasteiger partial charge in [-0.05, 0) is 181 Å². The molecular formula is C55H91Cl2FN2O2. The van der Waals surface area contributed by atoms with Crippen LogP contribution in [-0.2, 0) is 22.4 Å². The first-order valence-electron chi connectivity index (χ1n) is 24.2. The first-order valence-corrected chi connectivity index (χ1v) is 25.0. The van der Waals surface area contributed by atoms with Gasteiger partial charge in [-0.2, -0.15) is 0 Å². The number of hydrogen-bond acceptors (Lipinski definition) is 3. The molecule has 0 spiro atoms. The van der Waals surface area contributed by atoms with Crippen molar-refractivity contribution in [2.75, 3.05) is 33.2 Å². The summed E-state index contributed by atoms with van der Waals surface area (Å²) in [5.41, 5.74) is 6.59. The minimum atomic E-state index is -0.137. The predicted octanol–water partition coefficient (Wildman–Crippen LogP) is 16.1. The monoisotopic (exact) mass is 901 g/mol. The fraction of sp³-hybridized carbons (Fsp3) is 0.673. The molecule has 6 unspecified atom stereocenters. The summed E-state index contributed by atoms with van der Waals surface area (Å²) in [4.78, 5) is 24.8. The summed E-state index contributed by atoms with van der Waals surface area (Å²) in [5.74, 6) is 6.17. The maximum atomic E-state index is 12.5. The van der Waals surface area contributed by atoms with Crippen LogP contribution in [0.15, 0.2) is 59.7 Å². The van der Waals surface area contributed by atoms with Crippen molar-refractivity contribution in [2.24, 2.45) is 41.4 Å². The zero-order chi connectivity index (χ0) is 47.4. The largest absolute Gasteiger partial charge is 0.342 e. The topological polar surface area (TPSA) is 40.6 Å². The van der Waals surface area contributed by atoms with E-state index in [1.54, 1.807) is 23.3 Å². The number of carbonyl (C=O) groups is 2. The van der Waals surface area contributed by atoms with E-state index in [2.05, 4.69) is 93.3 Å². The van der Waals surface area contributed by atoms with Gasteiger partial charge < -0.3 is 14.6 Å². The lowest BCUT2D eigenvalue weighted by molar-refractivity contribution is -0.129. The summed E-state index contributed by atoms with van der Waals surface area (Å²) in [6, 6.07) is 10.4. The van der Waals surface area contributed by atoms with Gasteiger partial charge in [0, 0.05) is 42.5 Å². The molecule has 4 nitrogen and oxygen atoms in total. The van der Waals surface area contributed by atoms with Crippen molar-refractivity contribution in [3.8, 4) is 0 Å². The summed E-state index contributed by atoms with van der Waals surface area (Å²) < 4.78 is 12.5. The number of hydrogen-bond donors (Lipinski definition) is 0. The lowest BCUT2D eigenvalue weighted by atomic mass is 9.78. The van der Waals surface area contributed by atoms with Crippen LogP contribution in [0.1, 0.15) is 164 Å². The van der Waals surface area contributed by atoms with Crippen LogP contribution in [0.3, 0.4) is 0 Å². The van der Waals surface area contributed by atoms with Crippen molar-refractivity contribution in [2.45, 2.75) is 168 Å². The van der Waals surface area contributed by atoms with Crippen molar-refractivity contribution >= 4 is 35.4 Å². The third-order valence-electron chi connectivity index (χ3n) is 12.8. The summed E-state index contributed by atoms with van der Waals surface area (Å²) in [6.07, 6.45) is 18.0. The second-order valence-electron chi connectivity index (χ2n) is 18.7. The zero-order valence-corrected chi connectivity index (χ0v) is 43.7. The van der Waals surface area contributed by atoms with Crippen molar-refractivity contribution in [3.05, 3.63) is 92.2 Å². The van der Waals surface area contributed by atoms with E-state index in [1.807, 2.05) is 50.8 Å². The number of nitrogens with zero attached hydrogens (tertiary/aromatic N) is 2. The summed E-state index contributed by atoms with van der Waals surface area (Å²) in [7, 11) is 2.18. The highest BCUT2D eigenvalue weighted by molar-refractivity contribution is 6.33. The van der Waals surface area contributed by atoms with Gasteiger partial charge in [-0.25, -0.2) is 4.39 Å². The van der Waals surface area contributed by atoms with Crippen LogP contribution in [-0.4, -0.2) is 55.2 Å². The molecule has 6 rings (SSSR count). The SMILES string of the molecule is CC1=C[C@H](C)C(C)CC1C.CC1CCN(C)C1.CCC(=O)N1CCC(C)C1.CCC1CC(C)CC=C1C.CCCC=O.CCc1cc(Cl)ccc1Cl.CCc1cc(F)ccc1C. The van der Waals surface area contributed by atoms with Crippen molar-refractivity contribution in [3.63, 3.8) is 0 Å². The maximum Gasteiger partial charge on any atom is 0.222 e. The van der Waals surface area contributed by atoms with Gasteiger partial charge in [-0.15, -0.1) is 0 Å². The van der Waals surface area contributed by atoms with Gasteiger partial charge in [0.15, 0.2) is 0 Å². The Hall–Kier alpha value is -2.47. The molecule has 0 saturated carbocycles. The Bertz CT molecular complexity index is 1530. The lowest BCUT2D eigenvalue weighted by Gasteiger charge is -2.28. The standard InChI is InChI=1S/2C10H18.C9H11F.C8H8Cl2.C8H15NO.C6H13N.C4H8O/c1-7-5-9(3)10(4)6-8(7)2;1-4-10-7-8(2)5-6-9(10)3;1-3-8-6-9(10)5-4-7(8)2;1-2-6-5-7(9)3-4-8(6)10;1-3-8(10)9-5-4-7(2)6-9;1-6-3-4-7(2)5-6;1-2-3-4-5/h5,7-8,10H,6H2,1-4H3;6,8,10H,4-5,7H2,1-3H3;4-6H,3H2,1-2H3;3-5H,2H2,1H3;7H,3-6H2,1-2H3;6H,3-5H2,1-2H3;4H,2-3H2,1H3/t7-,8?,10?;;;;;;/m0....../s1. The molecular weight excluding hydrogens is 811 g/mol. The van der Waals surface area contributed by atoms with Crippen LogP contribution < -0.4 is 0 Å². The van der Waals surface area contributed by atoms with Crippen molar-refractivity contribution < 1.29 is 14.0 Å². The Morgan fingerprint density at radius 3 is 1.82 bits per heavy atom. The minimum absolute atomic E-state index is 0.137. The molecule has 2 heterocycles. The quantitative estimate of drug-likeness (QED) is 0.214. The van der Waals surface area contributed by atoms with Gasteiger partial charge in [0.05, 0.1) is 0 Å². The van der Waals surface area contributed by atoms with E-state index in [-0.39, 0.29) is 5.82 Å². The van der Waals surface area contributed by atoms with E-state index in [1.165, 1.54) is 63.2 Å². The number of benzene rings is 2. The van der Waals surface area contributed by atoms with Crippen LogP contribution in [0, 0.1) is 54.2 Å². The molecule has 0 bridgehead atoms. The Morgan fingerprint density at radius 2 is 1.42 bits per heavy atom. The van der Waals surface area contributed by atoms with E-state index in [4.69, 9.17) is 23.2 Å². The highest BCUT2D eigenvalue weighted by Crippen LogP contribution is 2.32. The van der Waals surface area contributed by atoms with E-state index < -0.39 is 0 Å². The van der Waals surface area contributed by atoms with Crippen LogP contribution >= 0.6 is 23.2 Å². The molecule has 0 aromatic heterocycles. The number of likely N-dealkylation sites (tertiary alicyclic amines) is 2. The Balaban J connectivity index is 0.000000707. The normalized spacial score (nSPS) is 23.8. The molecule has 0 N–H and O–H groups in total. The Morgan fingerprint density at radius 1 is 0.790 bits per heavy atom. The Labute approximate surface area is 391 Å². The lowest BCUT2D eigenvalue weighted by Crippen LogP contribution is -2.27. The fourth-order valence-corrected chi connectivity index (χ4v) is 8.45.